The van der Waals surface area contributed by atoms with Gasteiger partial charge < -0.3 is 33.5 Å². The Kier molecular flexibility index (Phi) is 9.07. The molecule has 222 valence electrons. The van der Waals surface area contributed by atoms with E-state index in [0.29, 0.717) is 16.1 Å². The van der Waals surface area contributed by atoms with Crippen LogP contribution in [0.4, 0.5) is 8.78 Å². The molecule has 1 fully saturated rings. The van der Waals surface area contributed by atoms with Crippen LogP contribution < -0.4 is 29.8 Å². The van der Waals surface area contributed by atoms with Crippen LogP contribution >= 0.6 is 19.4 Å². The Bertz CT molecular complexity index is 1470. The predicted molar refractivity (Wildman–Crippen MR) is 138 cm³/mol. The van der Waals surface area contributed by atoms with Gasteiger partial charge in [-0.3, -0.25) is 18.9 Å². The van der Waals surface area contributed by atoms with Crippen LogP contribution in [0.3, 0.4) is 0 Å². The minimum atomic E-state index is -4.83. The number of phosphoric ester groups is 1. The SMILES string of the molecule is COc1ccc(OP(=O)(OC[C@@]2(C(F)F)O[C@@H](n3cc(Cl)c(=O)[nH]c3=O)[C@H](O)[C@@H]2O)Oc2ccc(OC)cc2)cc1. The maximum Gasteiger partial charge on any atom is 0.587 e. The minimum Gasteiger partial charge on any atom is -0.497 e. The van der Waals surface area contributed by atoms with Crippen LogP contribution in [0.5, 0.6) is 23.0 Å². The van der Waals surface area contributed by atoms with E-state index in [4.69, 9.17) is 39.4 Å². The highest BCUT2D eigenvalue weighted by Crippen LogP contribution is 2.52. The zero-order valence-electron chi connectivity index (χ0n) is 21.3. The van der Waals surface area contributed by atoms with E-state index >= 15 is 0 Å². The molecule has 2 heterocycles. The average molecular weight is 621 g/mol. The van der Waals surface area contributed by atoms with Crippen molar-refractivity contribution in [3.05, 3.63) is 80.6 Å². The van der Waals surface area contributed by atoms with Crippen molar-refractivity contribution in [2.75, 3.05) is 20.8 Å². The van der Waals surface area contributed by atoms with E-state index in [1.54, 1.807) is 0 Å². The summed E-state index contributed by atoms with van der Waals surface area (Å²) in [6.45, 7) is -1.35. The lowest BCUT2D eigenvalue weighted by Gasteiger charge is -2.31. The number of rotatable bonds is 11. The maximum atomic E-state index is 14.5. The highest BCUT2D eigenvalue weighted by atomic mass is 35.5. The third-order valence-corrected chi connectivity index (χ3v) is 7.61. The van der Waals surface area contributed by atoms with Gasteiger partial charge in [-0.15, -0.1) is 0 Å². The summed E-state index contributed by atoms with van der Waals surface area (Å²) in [5.41, 5.74) is -5.19. The maximum absolute atomic E-state index is 14.5. The zero-order chi connectivity index (χ0) is 29.9. The fourth-order valence-electron chi connectivity index (χ4n) is 3.83. The van der Waals surface area contributed by atoms with E-state index in [2.05, 4.69) is 0 Å². The standard InChI is InChI=1S/C24H24ClF2N2O11P/c1-35-13-3-7-15(8-4-13)39-41(34,40-16-9-5-14(36-2)6-10-16)37-12-24(22(26)27)19(31)18(30)21(38-24)29-11-17(25)20(32)28-23(29)33/h3-11,18-19,21-22,30-31H,12H2,1-2H3,(H,28,32,33)/t18-,19+,21-,24-/m1/s1. The number of phosphoric acid groups is 1. The van der Waals surface area contributed by atoms with E-state index < -0.39 is 61.2 Å². The van der Waals surface area contributed by atoms with Crippen LogP contribution in [0.25, 0.3) is 0 Å². The molecule has 1 aromatic heterocycles. The average Bonchev–Trinajstić information content (AvgIpc) is 3.21. The summed E-state index contributed by atoms with van der Waals surface area (Å²) in [7, 11) is -1.99. The van der Waals surface area contributed by atoms with Gasteiger partial charge in [-0.05, 0) is 48.5 Å². The van der Waals surface area contributed by atoms with Gasteiger partial charge in [0.25, 0.3) is 12.0 Å². The number of hydrogen-bond donors (Lipinski definition) is 3. The highest BCUT2D eigenvalue weighted by Gasteiger charge is 2.62. The summed E-state index contributed by atoms with van der Waals surface area (Å²) in [5.74, 6) is 0.741. The predicted octanol–water partition coefficient (Wildman–Crippen LogP) is 2.74. The molecule has 0 saturated carbocycles. The Morgan fingerprint density at radius 1 is 1.00 bits per heavy atom. The summed E-state index contributed by atoms with van der Waals surface area (Å²) in [5, 5.41) is 20.7. The highest BCUT2D eigenvalue weighted by molar-refractivity contribution is 7.49. The van der Waals surface area contributed by atoms with Crippen molar-refractivity contribution in [2.45, 2.75) is 30.5 Å². The molecule has 0 unspecified atom stereocenters. The fourth-order valence-corrected chi connectivity index (χ4v) is 5.24. The largest absolute Gasteiger partial charge is 0.587 e. The van der Waals surface area contributed by atoms with Gasteiger partial charge in [-0.2, -0.15) is 0 Å². The summed E-state index contributed by atoms with van der Waals surface area (Å²) >= 11 is 5.73. The number of alkyl halides is 2. The number of nitrogens with zero attached hydrogens (tertiary/aromatic N) is 1. The normalized spacial score (nSPS) is 22.5. The summed E-state index contributed by atoms with van der Waals surface area (Å²) < 4.78 is 74.9. The lowest BCUT2D eigenvalue weighted by atomic mass is 9.96. The molecule has 3 aromatic rings. The Morgan fingerprint density at radius 3 is 1.95 bits per heavy atom. The summed E-state index contributed by atoms with van der Waals surface area (Å²) in [4.78, 5) is 25.7. The monoisotopic (exact) mass is 620 g/mol. The Hall–Kier alpha value is -3.46. The molecule has 1 aliphatic rings. The molecule has 0 bridgehead atoms. The number of halogens is 3. The van der Waals surface area contributed by atoms with Gasteiger partial charge in [-0.1, -0.05) is 11.6 Å². The smallest absolute Gasteiger partial charge is 0.497 e. The van der Waals surface area contributed by atoms with Crippen molar-refractivity contribution in [2.24, 2.45) is 0 Å². The summed E-state index contributed by atoms with van der Waals surface area (Å²) in [6, 6.07) is 11.3. The van der Waals surface area contributed by atoms with E-state index in [-0.39, 0.29) is 11.5 Å². The molecule has 41 heavy (non-hydrogen) atoms. The Labute approximate surface area is 235 Å². The fraction of sp³-hybridized carbons (Fsp3) is 0.333. The van der Waals surface area contributed by atoms with Gasteiger partial charge in [0.05, 0.1) is 20.8 Å². The molecule has 1 aliphatic heterocycles. The topological polar surface area (TPSA) is 168 Å². The lowest BCUT2D eigenvalue weighted by molar-refractivity contribution is -0.193. The van der Waals surface area contributed by atoms with Crippen LogP contribution in [0.2, 0.25) is 5.02 Å². The molecule has 1 saturated heterocycles. The second kappa shape index (κ2) is 12.2. The van der Waals surface area contributed by atoms with E-state index in [1.807, 2.05) is 4.98 Å². The summed E-state index contributed by atoms with van der Waals surface area (Å²) in [6.07, 6.45) is -9.30. The van der Waals surface area contributed by atoms with Crippen molar-refractivity contribution >= 4 is 19.4 Å². The number of H-pyrrole nitrogens is 1. The first-order valence-electron chi connectivity index (χ1n) is 11.7. The first kappa shape index (κ1) is 30.5. The van der Waals surface area contributed by atoms with Crippen molar-refractivity contribution in [3.63, 3.8) is 0 Å². The molecule has 0 spiro atoms. The van der Waals surface area contributed by atoms with Crippen LogP contribution in [0.1, 0.15) is 6.23 Å². The number of nitrogens with one attached hydrogen (secondary N) is 1. The van der Waals surface area contributed by atoms with Crippen molar-refractivity contribution in [3.8, 4) is 23.0 Å². The minimum absolute atomic E-state index is 0.0611. The van der Waals surface area contributed by atoms with Crippen molar-refractivity contribution in [1.82, 2.24) is 9.55 Å². The second-order valence-corrected chi connectivity index (χ2v) is 10.5. The van der Waals surface area contributed by atoms with Gasteiger partial charge in [0.1, 0.15) is 40.2 Å². The lowest BCUT2D eigenvalue weighted by Crippen LogP contribution is -2.52. The number of aliphatic hydroxyl groups excluding tert-OH is 2. The number of hydrogen-bond acceptors (Lipinski definition) is 11. The quantitative estimate of drug-likeness (QED) is 0.270. The zero-order valence-corrected chi connectivity index (χ0v) is 23.0. The van der Waals surface area contributed by atoms with Crippen LogP contribution in [-0.2, 0) is 13.8 Å². The first-order chi connectivity index (χ1) is 19.4. The molecule has 13 nitrogen and oxygen atoms in total. The molecule has 4 rings (SSSR count). The molecular formula is C24H24ClF2N2O11P. The third kappa shape index (κ3) is 6.40. The van der Waals surface area contributed by atoms with E-state index in [0.717, 1.165) is 6.20 Å². The molecular weight excluding hydrogens is 597 g/mol. The molecule has 0 radical (unpaired) electrons. The molecule has 0 aliphatic carbocycles. The van der Waals surface area contributed by atoms with E-state index in [1.165, 1.54) is 62.8 Å². The van der Waals surface area contributed by atoms with Gasteiger partial charge in [0, 0.05) is 6.20 Å². The van der Waals surface area contributed by atoms with Crippen LogP contribution in [0, 0.1) is 0 Å². The van der Waals surface area contributed by atoms with Gasteiger partial charge >= 0.3 is 13.5 Å². The van der Waals surface area contributed by atoms with Crippen molar-refractivity contribution < 1.29 is 51.3 Å². The molecule has 0 amide bonds. The van der Waals surface area contributed by atoms with Gasteiger partial charge in [0.2, 0.25) is 0 Å². The van der Waals surface area contributed by atoms with Crippen LogP contribution in [-0.4, -0.2) is 64.8 Å². The number of ether oxygens (including phenoxy) is 3. The molecule has 3 N–H and O–H groups in total. The molecule has 17 heteroatoms. The molecule has 2 aromatic carbocycles. The number of methoxy groups -OCH3 is 2. The Morgan fingerprint density at radius 2 is 1.49 bits per heavy atom. The van der Waals surface area contributed by atoms with Crippen LogP contribution in [0.15, 0.2) is 64.3 Å². The number of aromatic amines is 1. The van der Waals surface area contributed by atoms with Crippen molar-refractivity contribution in [1.29, 1.82) is 0 Å². The number of aromatic nitrogens is 2. The molecule has 4 atom stereocenters. The number of benzene rings is 2. The Balaban J connectivity index is 1.65. The third-order valence-electron chi connectivity index (χ3n) is 6.03. The number of aliphatic hydroxyl groups is 2. The van der Waals surface area contributed by atoms with E-state index in [9.17, 15) is 33.1 Å². The first-order valence-corrected chi connectivity index (χ1v) is 13.5. The van der Waals surface area contributed by atoms with Gasteiger partial charge in [-0.25, -0.2) is 18.1 Å². The second-order valence-electron chi connectivity index (χ2n) is 8.60. The van der Waals surface area contributed by atoms with Gasteiger partial charge in [0.15, 0.2) is 11.8 Å².